The maximum absolute atomic E-state index is 12.8. The topological polar surface area (TPSA) is 59.1 Å². The predicted octanol–water partition coefficient (Wildman–Crippen LogP) is 3.09. The summed E-state index contributed by atoms with van der Waals surface area (Å²) in [6.45, 7) is 0.703. The van der Waals surface area contributed by atoms with E-state index in [1.165, 1.54) is 7.11 Å². The van der Waals surface area contributed by atoms with Crippen LogP contribution in [0.5, 0.6) is 5.75 Å². The molecule has 1 atom stereocenters. The van der Waals surface area contributed by atoms with Crippen molar-refractivity contribution in [3.8, 4) is 5.75 Å². The first kappa shape index (κ1) is 17.8. The first-order valence-corrected chi connectivity index (χ1v) is 8.38. The zero-order chi connectivity index (χ0) is 18.7. The summed E-state index contributed by atoms with van der Waals surface area (Å²) in [6, 6.07) is 14.7. The number of hydrogen-bond donors (Lipinski definition) is 0. The van der Waals surface area contributed by atoms with Crippen molar-refractivity contribution in [2.75, 3.05) is 27.8 Å². The van der Waals surface area contributed by atoms with Gasteiger partial charge in [0.15, 0.2) is 0 Å². The third kappa shape index (κ3) is 3.49. The van der Waals surface area contributed by atoms with Crippen LogP contribution in [0.4, 0.5) is 4.79 Å². The highest BCUT2D eigenvalue weighted by Gasteiger charge is 2.31. The van der Waals surface area contributed by atoms with E-state index in [0.717, 1.165) is 11.1 Å². The van der Waals surface area contributed by atoms with Gasteiger partial charge in [0.05, 0.1) is 25.3 Å². The number of fused-ring (bicyclic) bond motifs is 1. The number of hydrogen-bond acceptors (Lipinski definition) is 4. The maximum Gasteiger partial charge on any atom is 0.337 e. The summed E-state index contributed by atoms with van der Waals surface area (Å²) in [6.07, 6.45) is 0. The van der Waals surface area contributed by atoms with Crippen molar-refractivity contribution < 1.29 is 19.1 Å². The summed E-state index contributed by atoms with van der Waals surface area (Å²) >= 11 is 0. The van der Waals surface area contributed by atoms with Gasteiger partial charge in [-0.05, 0) is 17.7 Å². The molecule has 1 aliphatic heterocycles. The fourth-order valence-corrected chi connectivity index (χ4v) is 3.03. The zero-order valence-electron chi connectivity index (χ0n) is 15.1. The number of amides is 2. The molecule has 0 saturated heterocycles. The molecule has 26 heavy (non-hydrogen) atoms. The van der Waals surface area contributed by atoms with E-state index in [-0.39, 0.29) is 12.1 Å². The highest BCUT2D eigenvalue weighted by molar-refractivity contribution is 5.90. The normalized spacial score (nSPS) is 16.1. The van der Waals surface area contributed by atoms with Gasteiger partial charge in [-0.25, -0.2) is 9.59 Å². The minimum atomic E-state index is -0.415. The molecule has 0 aromatic heterocycles. The SMILES string of the molecule is COC(=O)c1ccc2c(c1)OC[C@H](c1ccccc1)N(C(=O)N(C)C)C2. The Hall–Kier alpha value is -3.02. The smallest absolute Gasteiger partial charge is 0.337 e. The zero-order valence-corrected chi connectivity index (χ0v) is 15.1. The van der Waals surface area contributed by atoms with Gasteiger partial charge in [0.2, 0.25) is 0 Å². The van der Waals surface area contributed by atoms with Crippen LogP contribution in [0.15, 0.2) is 48.5 Å². The van der Waals surface area contributed by atoms with Gasteiger partial charge >= 0.3 is 12.0 Å². The number of ether oxygens (including phenoxy) is 2. The summed E-state index contributed by atoms with van der Waals surface area (Å²) in [5.41, 5.74) is 2.28. The van der Waals surface area contributed by atoms with Crippen LogP contribution in [-0.4, -0.2) is 49.6 Å². The molecule has 0 unspecified atom stereocenters. The minimum Gasteiger partial charge on any atom is -0.491 e. The second kappa shape index (κ2) is 7.47. The molecule has 2 aromatic rings. The van der Waals surface area contributed by atoms with E-state index in [1.807, 2.05) is 36.4 Å². The van der Waals surface area contributed by atoms with Gasteiger partial charge in [-0.3, -0.25) is 0 Å². The highest BCUT2D eigenvalue weighted by Crippen LogP contribution is 2.33. The van der Waals surface area contributed by atoms with Crippen molar-refractivity contribution >= 4 is 12.0 Å². The van der Waals surface area contributed by atoms with Gasteiger partial charge < -0.3 is 19.3 Å². The third-order valence-corrected chi connectivity index (χ3v) is 4.41. The molecule has 0 bridgehead atoms. The molecule has 0 radical (unpaired) electrons. The molecule has 136 valence electrons. The Balaban J connectivity index is 1.99. The monoisotopic (exact) mass is 354 g/mol. The van der Waals surface area contributed by atoms with Crippen LogP contribution in [-0.2, 0) is 11.3 Å². The molecular weight excluding hydrogens is 332 g/mol. The Bertz CT molecular complexity index is 805. The van der Waals surface area contributed by atoms with Crippen LogP contribution in [0.2, 0.25) is 0 Å². The lowest BCUT2D eigenvalue weighted by Crippen LogP contribution is -2.42. The minimum absolute atomic E-state index is 0.0904. The molecule has 3 rings (SSSR count). The van der Waals surface area contributed by atoms with Crippen molar-refractivity contribution in [3.63, 3.8) is 0 Å². The van der Waals surface area contributed by atoms with Gasteiger partial charge in [0.25, 0.3) is 0 Å². The summed E-state index contributed by atoms with van der Waals surface area (Å²) in [5.74, 6) is 0.185. The fraction of sp³-hybridized carbons (Fsp3) is 0.300. The molecule has 0 aliphatic carbocycles. The molecule has 2 aromatic carbocycles. The van der Waals surface area contributed by atoms with Crippen LogP contribution < -0.4 is 4.74 Å². The van der Waals surface area contributed by atoms with Gasteiger partial charge in [-0.2, -0.15) is 0 Å². The lowest BCUT2D eigenvalue weighted by Gasteiger charge is -2.31. The van der Waals surface area contributed by atoms with E-state index in [9.17, 15) is 9.59 Å². The lowest BCUT2D eigenvalue weighted by molar-refractivity contribution is 0.0600. The summed E-state index contributed by atoms with van der Waals surface area (Å²) in [5, 5.41) is 0. The molecule has 0 fully saturated rings. The number of esters is 1. The average molecular weight is 354 g/mol. The fourth-order valence-electron chi connectivity index (χ4n) is 3.03. The molecule has 0 saturated carbocycles. The number of carbonyl (C=O) groups is 2. The summed E-state index contributed by atoms with van der Waals surface area (Å²) in [7, 11) is 4.81. The Morgan fingerprint density at radius 1 is 1.15 bits per heavy atom. The largest absolute Gasteiger partial charge is 0.491 e. The van der Waals surface area contributed by atoms with Crippen molar-refractivity contribution in [1.82, 2.24) is 9.80 Å². The third-order valence-electron chi connectivity index (χ3n) is 4.41. The molecular formula is C20H22N2O4. The Morgan fingerprint density at radius 3 is 2.54 bits per heavy atom. The van der Waals surface area contributed by atoms with Gasteiger partial charge in [-0.15, -0.1) is 0 Å². The van der Waals surface area contributed by atoms with Crippen molar-refractivity contribution in [3.05, 3.63) is 65.2 Å². The van der Waals surface area contributed by atoms with E-state index in [0.29, 0.717) is 24.5 Å². The molecule has 0 spiro atoms. The van der Waals surface area contributed by atoms with E-state index < -0.39 is 5.97 Å². The molecule has 1 heterocycles. The number of urea groups is 1. The molecule has 1 aliphatic rings. The summed E-state index contributed by atoms with van der Waals surface area (Å²) < 4.78 is 10.8. The van der Waals surface area contributed by atoms with Crippen LogP contribution in [0.3, 0.4) is 0 Å². The first-order chi connectivity index (χ1) is 12.5. The molecule has 0 N–H and O–H groups in total. The van der Waals surface area contributed by atoms with Crippen LogP contribution in [0.25, 0.3) is 0 Å². The Kier molecular flexibility index (Phi) is 5.11. The predicted molar refractivity (Wildman–Crippen MR) is 97.1 cm³/mol. The number of benzene rings is 2. The Labute approximate surface area is 152 Å². The van der Waals surface area contributed by atoms with Crippen molar-refractivity contribution in [2.45, 2.75) is 12.6 Å². The van der Waals surface area contributed by atoms with E-state index >= 15 is 0 Å². The molecule has 6 heteroatoms. The average Bonchev–Trinajstić information content (AvgIpc) is 2.86. The lowest BCUT2D eigenvalue weighted by atomic mass is 10.1. The second-order valence-electron chi connectivity index (χ2n) is 6.36. The number of rotatable bonds is 2. The van der Waals surface area contributed by atoms with E-state index in [2.05, 4.69) is 0 Å². The maximum atomic E-state index is 12.8. The van der Waals surface area contributed by atoms with Crippen molar-refractivity contribution in [1.29, 1.82) is 0 Å². The van der Waals surface area contributed by atoms with E-state index in [4.69, 9.17) is 9.47 Å². The second-order valence-corrected chi connectivity index (χ2v) is 6.36. The van der Waals surface area contributed by atoms with Gasteiger partial charge in [-0.1, -0.05) is 36.4 Å². The van der Waals surface area contributed by atoms with Crippen molar-refractivity contribution in [2.24, 2.45) is 0 Å². The van der Waals surface area contributed by atoms with Crippen LogP contribution >= 0.6 is 0 Å². The summed E-state index contributed by atoms with van der Waals surface area (Å²) in [4.78, 5) is 27.9. The van der Waals surface area contributed by atoms with Crippen LogP contribution in [0, 0.1) is 0 Å². The van der Waals surface area contributed by atoms with E-state index in [1.54, 1.807) is 36.0 Å². The van der Waals surface area contributed by atoms with Gasteiger partial charge in [0.1, 0.15) is 12.4 Å². The quantitative estimate of drug-likeness (QED) is 0.778. The molecule has 2 amide bonds. The number of nitrogens with zero attached hydrogens (tertiary/aromatic N) is 2. The first-order valence-electron chi connectivity index (χ1n) is 8.38. The standard InChI is InChI=1S/C20H22N2O4/c1-21(2)20(24)22-12-16-10-9-15(19(23)25-3)11-18(16)26-13-17(22)14-7-5-4-6-8-14/h4-11,17H,12-13H2,1-3H3/t17-/m1/s1. The van der Waals surface area contributed by atoms with Gasteiger partial charge in [0, 0.05) is 19.7 Å². The van der Waals surface area contributed by atoms with Crippen LogP contribution in [0.1, 0.15) is 27.5 Å². The Morgan fingerprint density at radius 2 is 1.88 bits per heavy atom. The highest BCUT2D eigenvalue weighted by atomic mass is 16.5. The number of methoxy groups -OCH3 is 1. The number of carbonyl (C=O) groups excluding carboxylic acids is 2. The molecule has 6 nitrogen and oxygen atoms in total.